The largest absolute Gasteiger partial charge is 0.297 e. The van der Waals surface area contributed by atoms with Gasteiger partial charge >= 0.3 is 0 Å². The number of rotatable bonds is 5. The highest BCUT2D eigenvalue weighted by molar-refractivity contribution is 6.03. The summed E-state index contributed by atoms with van der Waals surface area (Å²) in [6, 6.07) is 7.96. The van der Waals surface area contributed by atoms with Crippen molar-refractivity contribution in [2.45, 2.75) is 39.2 Å². The second kappa shape index (κ2) is 5.46. The lowest BCUT2D eigenvalue weighted by Crippen LogP contribution is -2.48. The standard InChI is InChI=1S/C15H23NO/c1-6-12-9-8-10-13(11-12)14(17)15(3,7-2)16(4)5/h8-11H,6-7H2,1-5H3. The number of likely N-dealkylation sites (N-methyl/N-ethyl adjacent to an activating group) is 1. The van der Waals surface area contributed by atoms with Crippen LogP contribution in [0.15, 0.2) is 24.3 Å². The molecule has 94 valence electrons. The van der Waals surface area contributed by atoms with Gasteiger partial charge < -0.3 is 0 Å². The predicted octanol–water partition coefficient (Wildman–Crippen LogP) is 3.16. The van der Waals surface area contributed by atoms with E-state index in [9.17, 15) is 4.79 Å². The highest BCUT2D eigenvalue weighted by Crippen LogP contribution is 2.22. The molecule has 0 saturated heterocycles. The van der Waals surface area contributed by atoms with Gasteiger partial charge in [0.05, 0.1) is 5.54 Å². The SMILES string of the molecule is CCc1cccc(C(=O)C(C)(CC)N(C)C)c1. The number of hydrogen-bond donors (Lipinski definition) is 0. The first-order valence-electron chi connectivity index (χ1n) is 6.26. The van der Waals surface area contributed by atoms with E-state index in [1.807, 2.05) is 44.1 Å². The number of Topliss-reactive ketones (excluding diaryl/α,β-unsaturated/α-hetero) is 1. The molecule has 1 unspecified atom stereocenters. The first kappa shape index (κ1) is 13.9. The molecular weight excluding hydrogens is 210 g/mol. The molecule has 2 heteroatoms. The Bertz CT molecular complexity index is 398. The minimum absolute atomic E-state index is 0.209. The number of carbonyl (C=O) groups excluding carboxylic acids is 1. The molecule has 0 radical (unpaired) electrons. The molecule has 0 N–H and O–H groups in total. The van der Waals surface area contributed by atoms with Crippen molar-refractivity contribution in [3.63, 3.8) is 0 Å². The number of ketones is 1. The van der Waals surface area contributed by atoms with E-state index in [1.54, 1.807) is 0 Å². The van der Waals surface area contributed by atoms with Crippen LogP contribution in [-0.4, -0.2) is 30.3 Å². The van der Waals surface area contributed by atoms with Crippen molar-refractivity contribution in [3.8, 4) is 0 Å². The summed E-state index contributed by atoms with van der Waals surface area (Å²) in [4.78, 5) is 14.6. The molecule has 0 aliphatic rings. The van der Waals surface area contributed by atoms with Gasteiger partial charge in [-0.1, -0.05) is 32.0 Å². The van der Waals surface area contributed by atoms with E-state index in [0.29, 0.717) is 0 Å². The lowest BCUT2D eigenvalue weighted by atomic mass is 9.87. The molecule has 1 rings (SSSR count). The van der Waals surface area contributed by atoms with Gasteiger partial charge in [0.25, 0.3) is 0 Å². The highest BCUT2D eigenvalue weighted by Gasteiger charge is 2.34. The predicted molar refractivity (Wildman–Crippen MR) is 72.5 cm³/mol. The van der Waals surface area contributed by atoms with E-state index in [2.05, 4.69) is 19.9 Å². The first-order chi connectivity index (χ1) is 7.95. The molecule has 1 aromatic carbocycles. The Kier molecular flexibility index (Phi) is 4.47. The Morgan fingerprint density at radius 3 is 2.41 bits per heavy atom. The van der Waals surface area contributed by atoms with E-state index >= 15 is 0 Å². The van der Waals surface area contributed by atoms with Gasteiger partial charge in [0, 0.05) is 5.56 Å². The fraction of sp³-hybridized carbons (Fsp3) is 0.533. The maximum atomic E-state index is 12.6. The third-order valence-corrected chi connectivity index (χ3v) is 3.76. The molecule has 1 atom stereocenters. The van der Waals surface area contributed by atoms with Crippen molar-refractivity contribution in [1.29, 1.82) is 0 Å². The second-order valence-electron chi connectivity index (χ2n) is 4.90. The van der Waals surface area contributed by atoms with Crippen molar-refractivity contribution in [2.24, 2.45) is 0 Å². The molecule has 0 aliphatic carbocycles. The van der Waals surface area contributed by atoms with E-state index in [-0.39, 0.29) is 5.78 Å². The fourth-order valence-corrected chi connectivity index (χ4v) is 1.92. The van der Waals surface area contributed by atoms with Crippen LogP contribution in [0.5, 0.6) is 0 Å². The fourth-order valence-electron chi connectivity index (χ4n) is 1.92. The van der Waals surface area contributed by atoms with Gasteiger partial charge in [0.2, 0.25) is 0 Å². The number of aryl methyl sites for hydroxylation is 1. The van der Waals surface area contributed by atoms with Crippen LogP contribution >= 0.6 is 0 Å². The smallest absolute Gasteiger partial charge is 0.182 e. The molecule has 0 fully saturated rings. The van der Waals surface area contributed by atoms with Crippen molar-refractivity contribution in [2.75, 3.05) is 14.1 Å². The third kappa shape index (κ3) is 2.75. The Morgan fingerprint density at radius 2 is 1.94 bits per heavy atom. The number of hydrogen-bond acceptors (Lipinski definition) is 2. The van der Waals surface area contributed by atoms with Crippen LogP contribution in [0, 0.1) is 0 Å². The zero-order valence-corrected chi connectivity index (χ0v) is 11.6. The van der Waals surface area contributed by atoms with E-state index in [0.717, 1.165) is 18.4 Å². The summed E-state index contributed by atoms with van der Waals surface area (Å²) in [7, 11) is 3.93. The Labute approximate surface area is 105 Å². The Morgan fingerprint density at radius 1 is 1.29 bits per heavy atom. The van der Waals surface area contributed by atoms with Gasteiger partial charge in [-0.05, 0) is 45.5 Å². The van der Waals surface area contributed by atoms with Gasteiger partial charge in [-0.2, -0.15) is 0 Å². The number of nitrogens with zero attached hydrogens (tertiary/aromatic N) is 1. The average Bonchev–Trinajstić information content (AvgIpc) is 2.36. The minimum Gasteiger partial charge on any atom is -0.297 e. The quantitative estimate of drug-likeness (QED) is 0.728. The summed E-state index contributed by atoms with van der Waals surface area (Å²) in [5.74, 6) is 0.209. The van der Waals surface area contributed by atoms with Gasteiger partial charge in [-0.3, -0.25) is 9.69 Å². The molecule has 0 spiro atoms. The Hall–Kier alpha value is -1.15. The maximum Gasteiger partial charge on any atom is 0.182 e. The molecule has 17 heavy (non-hydrogen) atoms. The van der Waals surface area contributed by atoms with Crippen LogP contribution in [0.3, 0.4) is 0 Å². The number of carbonyl (C=O) groups is 1. The first-order valence-corrected chi connectivity index (χ1v) is 6.26. The summed E-state index contributed by atoms with van der Waals surface area (Å²) in [5, 5.41) is 0. The molecule has 1 aromatic rings. The molecule has 0 aliphatic heterocycles. The minimum atomic E-state index is -0.410. The van der Waals surface area contributed by atoms with Gasteiger partial charge in [0.15, 0.2) is 5.78 Å². The van der Waals surface area contributed by atoms with Crippen molar-refractivity contribution in [1.82, 2.24) is 4.90 Å². The maximum absolute atomic E-state index is 12.6. The highest BCUT2D eigenvalue weighted by atomic mass is 16.1. The van der Waals surface area contributed by atoms with Crippen LogP contribution in [0.4, 0.5) is 0 Å². The lowest BCUT2D eigenvalue weighted by molar-refractivity contribution is 0.0710. The summed E-state index contributed by atoms with van der Waals surface area (Å²) in [6.45, 7) is 6.17. The zero-order chi connectivity index (χ0) is 13.1. The summed E-state index contributed by atoms with van der Waals surface area (Å²) in [5.41, 5.74) is 1.63. The Balaban J connectivity index is 3.10. The molecular formula is C15H23NO. The van der Waals surface area contributed by atoms with Crippen molar-refractivity contribution >= 4 is 5.78 Å². The number of benzene rings is 1. The van der Waals surface area contributed by atoms with Crippen LogP contribution in [0.1, 0.15) is 43.1 Å². The molecule has 0 bridgehead atoms. The van der Waals surface area contributed by atoms with Crippen LogP contribution in [0.2, 0.25) is 0 Å². The molecule has 0 heterocycles. The summed E-state index contributed by atoms with van der Waals surface area (Å²) >= 11 is 0. The van der Waals surface area contributed by atoms with E-state index in [1.165, 1.54) is 5.56 Å². The van der Waals surface area contributed by atoms with E-state index in [4.69, 9.17) is 0 Å². The van der Waals surface area contributed by atoms with Crippen LogP contribution in [-0.2, 0) is 6.42 Å². The summed E-state index contributed by atoms with van der Waals surface area (Å²) in [6.07, 6.45) is 1.78. The van der Waals surface area contributed by atoms with Crippen LogP contribution < -0.4 is 0 Å². The lowest BCUT2D eigenvalue weighted by Gasteiger charge is -2.34. The molecule has 0 amide bonds. The average molecular weight is 233 g/mol. The second-order valence-corrected chi connectivity index (χ2v) is 4.90. The van der Waals surface area contributed by atoms with Crippen LogP contribution in [0.25, 0.3) is 0 Å². The monoisotopic (exact) mass is 233 g/mol. The molecule has 2 nitrogen and oxygen atoms in total. The molecule has 0 aromatic heterocycles. The molecule has 0 saturated carbocycles. The van der Waals surface area contributed by atoms with Gasteiger partial charge in [-0.25, -0.2) is 0 Å². The van der Waals surface area contributed by atoms with Gasteiger partial charge in [-0.15, -0.1) is 0 Å². The van der Waals surface area contributed by atoms with Crippen molar-refractivity contribution in [3.05, 3.63) is 35.4 Å². The normalized spacial score (nSPS) is 14.7. The van der Waals surface area contributed by atoms with Crippen molar-refractivity contribution < 1.29 is 4.79 Å². The summed E-state index contributed by atoms with van der Waals surface area (Å²) < 4.78 is 0. The topological polar surface area (TPSA) is 20.3 Å². The van der Waals surface area contributed by atoms with Gasteiger partial charge in [0.1, 0.15) is 0 Å². The van der Waals surface area contributed by atoms with E-state index < -0.39 is 5.54 Å². The third-order valence-electron chi connectivity index (χ3n) is 3.76. The zero-order valence-electron chi connectivity index (χ0n) is 11.6.